The van der Waals surface area contributed by atoms with Gasteiger partial charge in [0.25, 0.3) is 0 Å². The van der Waals surface area contributed by atoms with E-state index in [-0.39, 0.29) is 6.61 Å². The number of benzene rings is 1. The first kappa shape index (κ1) is 12.5. The minimum atomic E-state index is 0.0930. The van der Waals surface area contributed by atoms with Crippen LogP contribution in [0.15, 0.2) is 36.7 Å². The van der Waals surface area contributed by atoms with E-state index in [1.54, 1.807) is 12.4 Å². The Morgan fingerprint density at radius 2 is 1.67 bits per heavy atom. The molecule has 2 aromatic rings. The number of nitrogens with one attached hydrogen (secondary N) is 1. The predicted molar refractivity (Wildman–Crippen MR) is 71.3 cm³/mol. The molecule has 0 unspecified atom stereocenters. The Hall–Kier alpha value is -1.94. The number of aliphatic hydroxyl groups excluding tert-OH is 1. The lowest BCUT2D eigenvalue weighted by molar-refractivity contribution is 0.282. The summed E-state index contributed by atoms with van der Waals surface area (Å²) in [6.45, 7) is 2.85. The summed E-state index contributed by atoms with van der Waals surface area (Å²) in [5.74, 6) is 0.660. The lowest BCUT2D eigenvalue weighted by Gasteiger charge is -2.05. The smallest absolute Gasteiger partial charge is 0.222 e. The van der Waals surface area contributed by atoms with Crippen molar-refractivity contribution < 1.29 is 5.11 Å². The Morgan fingerprint density at radius 3 is 2.28 bits per heavy atom. The van der Waals surface area contributed by atoms with E-state index in [0.717, 1.165) is 24.1 Å². The Labute approximate surface area is 107 Å². The molecule has 4 heteroatoms. The second-order valence-corrected chi connectivity index (χ2v) is 4.24. The second-order valence-electron chi connectivity index (χ2n) is 4.24. The van der Waals surface area contributed by atoms with E-state index in [2.05, 4.69) is 15.3 Å². The molecule has 1 heterocycles. The molecule has 0 aliphatic carbocycles. The Morgan fingerprint density at radius 1 is 1.06 bits per heavy atom. The molecule has 2 N–H and O–H groups in total. The normalized spacial score (nSPS) is 10.3. The molecular formula is C14H17N3O. The van der Waals surface area contributed by atoms with Crippen LogP contribution in [0.1, 0.15) is 16.7 Å². The van der Waals surface area contributed by atoms with Crippen LogP contribution < -0.4 is 5.32 Å². The predicted octanol–water partition coefficient (Wildman–Crippen LogP) is 1.93. The van der Waals surface area contributed by atoms with Gasteiger partial charge in [-0.05, 0) is 30.0 Å². The van der Waals surface area contributed by atoms with Crippen LogP contribution in [-0.2, 0) is 13.0 Å². The molecular weight excluding hydrogens is 226 g/mol. The zero-order chi connectivity index (χ0) is 12.8. The maximum Gasteiger partial charge on any atom is 0.222 e. The van der Waals surface area contributed by atoms with Gasteiger partial charge in [-0.3, -0.25) is 0 Å². The van der Waals surface area contributed by atoms with Gasteiger partial charge in [0.15, 0.2) is 0 Å². The van der Waals surface area contributed by atoms with Gasteiger partial charge in [0.05, 0.1) is 6.61 Å². The van der Waals surface area contributed by atoms with Crippen LogP contribution in [0, 0.1) is 6.92 Å². The molecule has 4 nitrogen and oxygen atoms in total. The van der Waals surface area contributed by atoms with Crippen molar-refractivity contribution in [2.45, 2.75) is 20.0 Å². The summed E-state index contributed by atoms with van der Waals surface area (Å²) in [6.07, 6.45) is 4.50. The quantitative estimate of drug-likeness (QED) is 0.842. The van der Waals surface area contributed by atoms with E-state index in [4.69, 9.17) is 5.11 Å². The molecule has 94 valence electrons. The van der Waals surface area contributed by atoms with Gasteiger partial charge in [-0.15, -0.1) is 0 Å². The molecule has 18 heavy (non-hydrogen) atoms. The van der Waals surface area contributed by atoms with Gasteiger partial charge in [0, 0.05) is 18.9 Å². The van der Waals surface area contributed by atoms with Crippen molar-refractivity contribution in [1.82, 2.24) is 9.97 Å². The number of rotatable bonds is 5. The summed E-state index contributed by atoms with van der Waals surface area (Å²) in [5, 5.41) is 12.1. The van der Waals surface area contributed by atoms with Crippen LogP contribution in [0.4, 0.5) is 5.95 Å². The average molecular weight is 243 g/mol. The Kier molecular flexibility index (Phi) is 4.25. The van der Waals surface area contributed by atoms with Gasteiger partial charge in [0.1, 0.15) is 0 Å². The molecule has 0 spiro atoms. The van der Waals surface area contributed by atoms with Crippen LogP contribution >= 0.6 is 0 Å². The topological polar surface area (TPSA) is 58.0 Å². The molecule has 0 atom stereocenters. The fraction of sp³-hybridized carbons (Fsp3) is 0.286. The number of hydrogen-bond acceptors (Lipinski definition) is 4. The highest BCUT2D eigenvalue weighted by Gasteiger charge is 1.97. The summed E-state index contributed by atoms with van der Waals surface area (Å²) >= 11 is 0. The van der Waals surface area contributed by atoms with Crippen molar-refractivity contribution in [3.8, 4) is 0 Å². The minimum Gasteiger partial charge on any atom is -0.392 e. The standard InChI is InChI=1S/C14H17N3O/c1-11-8-16-14(17-9-11)15-7-6-12-2-4-13(10-18)5-3-12/h2-5,8-9,18H,6-7,10H2,1H3,(H,15,16,17). The molecule has 1 aromatic heterocycles. The van der Waals surface area contributed by atoms with E-state index >= 15 is 0 Å². The highest BCUT2D eigenvalue weighted by atomic mass is 16.3. The molecule has 0 aliphatic heterocycles. The van der Waals surface area contributed by atoms with E-state index in [1.165, 1.54) is 5.56 Å². The highest BCUT2D eigenvalue weighted by Crippen LogP contribution is 2.05. The van der Waals surface area contributed by atoms with E-state index in [0.29, 0.717) is 5.95 Å². The van der Waals surface area contributed by atoms with Gasteiger partial charge in [-0.25, -0.2) is 9.97 Å². The number of nitrogens with zero attached hydrogens (tertiary/aromatic N) is 2. The molecule has 0 aliphatic rings. The minimum absolute atomic E-state index is 0.0930. The second kappa shape index (κ2) is 6.12. The van der Waals surface area contributed by atoms with Gasteiger partial charge >= 0.3 is 0 Å². The molecule has 1 aromatic carbocycles. The first-order valence-electron chi connectivity index (χ1n) is 5.99. The summed E-state index contributed by atoms with van der Waals surface area (Å²) in [7, 11) is 0. The van der Waals surface area contributed by atoms with E-state index in [9.17, 15) is 0 Å². The van der Waals surface area contributed by atoms with Crippen LogP contribution in [0.2, 0.25) is 0 Å². The largest absolute Gasteiger partial charge is 0.392 e. The van der Waals surface area contributed by atoms with Crippen molar-refractivity contribution in [3.05, 3.63) is 53.3 Å². The summed E-state index contributed by atoms with van der Waals surface area (Å²) in [4.78, 5) is 8.36. The zero-order valence-corrected chi connectivity index (χ0v) is 10.4. The highest BCUT2D eigenvalue weighted by molar-refractivity contribution is 5.26. The van der Waals surface area contributed by atoms with Gasteiger partial charge in [-0.2, -0.15) is 0 Å². The van der Waals surface area contributed by atoms with E-state index in [1.807, 2.05) is 31.2 Å². The lowest BCUT2D eigenvalue weighted by Crippen LogP contribution is -2.07. The molecule has 0 amide bonds. The monoisotopic (exact) mass is 243 g/mol. The molecule has 2 rings (SSSR count). The molecule has 0 saturated carbocycles. The van der Waals surface area contributed by atoms with E-state index < -0.39 is 0 Å². The van der Waals surface area contributed by atoms with Crippen molar-refractivity contribution in [3.63, 3.8) is 0 Å². The van der Waals surface area contributed by atoms with Crippen molar-refractivity contribution in [1.29, 1.82) is 0 Å². The fourth-order valence-electron chi connectivity index (χ4n) is 1.61. The van der Waals surface area contributed by atoms with Crippen molar-refractivity contribution in [2.75, 3.05) is 11.9 Å². The zero-order valence-electron chi connectivity index (χ0n) is 10.4. The number of anilines is 1. The molecule has 0 radical (unpaired) electrons. The fourth-order valence-corrected chi connectivity index (χ4v) is 1.61. The molecule has 0 saturated heterocycles. The average Bonchev–Trinajstić information content (AvgIpc) is 2.42. The first-order chi connectivity index (χ1) is 8.78. The lowest BCUT2D eigenvalue weighted by atomic mass is 10.1. The summed E-state index contributed by atoms with van der Waals surface area (Å²) in [6, 6.07) is 7.95. The first-order valence-corrected chi connectivity index (χ1v) is 5.99. The van der Waals surface area contributed by atoms with Gasteiger partial charge < -0.3 is 10.4 Å². The van der Waals surface area contributed by atoms with Crippen LogP contribution in [0.3, 0.4) is 0 Å². The maximum absolute atomic E-state index is 8.95. The summed E-state index contributed by atoms with van der Waals surface area (Å²) < 4.78 is 0. The number of aromatic nitrogens is 2. The van der Waals surface area contributed by atoms with Crippen LogP contribution in [0.25, 0.3) is 0 Å². The number of aryl methyl sites for hydroxylation is 1. The number of aliphatic hydroxyl groups is 1. The molecule has 0 bridgehead atoms. The third kappa shape index (κ3) is 3.53. The van der Waals surface area contributed by atoms with Crippen molar-refractivity contribution in [2.24, 2.45) is 0 Å². The van der Waals surface area contributed by atoms with Crippen LogP contribution in [0.5, 0.6) is 0 Å². The van der Waals surface area contributed by atoms with Crippen LogP contribution in [-0.4, -0.2) is 21.6 Å². The van der Waals surface area contributed by atoms with Gasteiger partial charge in [0.2, 0.25) is 5.95 Å². The molecule has 0 fully saturated rings. The summed E-state index contributed by atoms with van der Waals surface area (Å²) in [5.41, 5.74) is 3.22. The Bertz CT molecular complexity index is 479. The SMILES string of the molecule is Cc1cnc(NCCc2ccc(CO)cc2)nc1. The number of hydrogen-bond donors (Lipinski definition) is 2. The Balaban J connectivity index is 1.82. The van der Waals surface area contributed by atoms with Gasteiger partial charge in [-0.1, -0.05) is 24.3 Å². The third-order valence-corrected chi connectivity index (χ3v) is 2.68. The third-order valence-electron chi connectivity index (χ3n) is 2.68. The maximum atomic E-state index is 8.95. The van der Waals surface area contributed by atoms with Crippen molar-refractivity contribution >= 4 is 5.95 Å².